The van der Waals surface area contributed by atoms with Crippen LogP contribution in [0.3, 0.4) is 0 Å². The van der Waals surface area contributed by atoms with Crippen LogP contribution in [0.5, 0.6) is 5.75 Å². The summed E-state index contributed by atoms with van der Waals surface area (Å²) in [5.74, 6) is 3.39. The highest BCUT2D eigenvalue weighted by Gasteiger charge is 2.28. The van der Waals surface area contributed by atoms with E-state index in [1.54, 1.807) is 0 Å². The van der Waals surface area contributed by atoms with Gasteiger partial charge in [0.05, 0.1) is 0 Å². The molecule has 272 valence electrons. The van der Waals surface area contributed by atoms with Crippen molar-refractivity contribution in [3.8, 4) is 5.75 Å². The lowest BCUT2D eigenvalue weighted by Gasteiger charge is -2.29. The number of nitrogens with one attached hydrogen (secondary N) is 3. The number of ether oxygens (including phenoxy) is 1. The van der Waals surface area contributed by atoms with E-state index in [0.29, 0.717) is 53.0 Å². The number of halogens is 1. The molecular weight excluding hydrogens is 674 g/mol. The molecule has 10 heteroatoms. The Labute approximate surface area is 311 Å². The lowest BCUT2D eigenvalue weighted by atomic mass is 9.77. The minimum atomic E-state index is -0.0745. The second-order valence-corrected chi connectivity index (χ2v) is 14.3. The van der Waals surface area contributed by atoms with Gasteiger partial charge in [0.1, 0.15) is 17.4 Å². The molecule has 0 heterocycles. The highest BCUT2D eigenvalue weighted by atomic mass is 35.5. The van der Waals surface area contributed by atoms with Gasteiger partial charge in [-0.1, -0.05) is 76.5 Å². The van der Waals surface area contributed by atoms with E-state index in [1.807, 2.05) is 78.9 Å². The molecule has 0 spiro atoms. The molecular formula is C42H48ClN5O4. The molecule has 4 N–H and O–H groups in total. The van der Waals surface area contributed by atoms with Crippen LogP contribution in [-0.4, -0.2) is 29.6 Å². The van der Waals surface area contributed by atoms with Gasteiger partial charge in [-0.2, -0.15) is 0 Å². The maximum Gasteiger partial charge on any atom is 0.255 e. The Kier molecular flexibility index (Phi) is 13.4. The highest BCUT2D eigenvalue weighted by molar-refractivity contribution is 6.30. The number of rotatable bonds is 13. The number of carbonyl (C=O) groups is 1. The molecule has 0 saturated heterocycles. The molecule has 0 bridgehead atoms. The van der Waals surface area contributed by atoms with E-state index in [1.165, 1.54) is 5.56 Å². The lowest BCUT2D eigenvalue weighted by Crippen LogP contribution is -2.28. The summed E-state index contributed by atoms with van der Waals surface area (Å²) in [4.78, 5) is 18.5. The summed E-state index contributed by atoms with van der Waals surface area (Å²) < 4.78 is 5.83. The summed E-state index contributed by atoms with van der Waals surface area (Å²) >= 11 is 6.24. The first-order valence-corrected chi connectivity index (χ1v) is 18.7. The molecule has 2 saturated carbocycles. The molecule has 0 aromatic heterocycles. The number of para-hydroxylation sites is 1. The Morgan fingerprint density at radius 2 is 1.27 bits per heavy atom. The van der Waals surface area contributed by atoms with Crippen LogP contribution in [0.25, 0.3) is 0 Å². The van der Waals surface area contributed by atoms with Crippen molar-refractivity contribution in [3.63, 3.8) is 0 Å². The van der Waals surface area contributed by atoms with Gasteiger partial charge >= 0.3 is 0 Å². The Morgan fingerprint density at radius 1 is 0.673 bits per heavy atom. The topological polar surface area (TPSA) is 117 Å². The van der Waals surface area contributed by atoms with Gasteiger partial charge in [0.2, 0.25) is 5.91 Å². The summed E-state index contributed by atoms with van der Waals surface area (Å²) in [7, 11) is 0. The van der Waals surface area contributed by atoms with Gasteiger partial charge in [-0.15, -0.1) is 0 Å². The first kappa shape index (κ1) is 36.8. The highest BCUT2D eigenvalue weighted by Crippen LogP contribution is 2.37. The number of hydrogen-bond donors (Lipinski definition) is 4. The van der Waals surface area contributed by atoms with Crippen molar-refractivity contribution in [3.05, 3.63) is 120 Å². The number of hydrogen-bond acceptors (Lipinski definition) is 6. The summed E-state index contributed by atoms with van der Waals surface area (Å²) in [5, 5.41) is 28.0. The van der Waals surface area contributed by atoms with Crippen LogP contribution in [-0.2, 0) is 9.63 Å². The molecule has 2 aliphatic rings. The fraction of sp³-hybridized carbons (Fsp3) is 0.357. The molecule has 52 heavy (non-hydrogen) atoms. The second kappa shape index (κ2) is 19.0. The molecule has 2 fully saturated rings. The second-order valence-electron chi connectivity index (χ2n) is 13.9. The lowest BCUT2D eigenvalue weighted by molar-refractivity contribution is -0.121. The summed E-state index contributed by atoms with van der Waals surface area (Å²) in [5.41, 5.74) is 3.89. The van der Waals surface area contributed by atoms with E-state index in [-0.39, 0.29) is 18.6 Å². The van der Waals surface area contributed by atoms with E-state index in [2.05, 4.69) is 56.6 Å². The Balaban J connectivity index is 0.957. The smallest absolute Gasteiger partial charge is 0.255 e. The van der Waals surface area contributed by atoms with E-state index >= 15 is 0 Å². The molecule has 0 aliphatic heterocycles. The average molecular weight is 722 g/mol. The quantitative estimate of drug-likeness (QED) is 0.0273. The summed E-state index contributed by atoms with van der Waals surface area (Å²) in [6.45, 7) is -0.0745. The SMILES string of the molecule is O=C(Nc1ccccc1)C1CCC(C/C(=N/OCOc2ccc(N/C(CC3CCC(c4ccccc4)CC3)=N\O)cc2)Nc2cccc(Cl)c2)CC1. The molecule has 0 radical (unpaired) electrons. The minimum Gasteiger partial charge on any atom is -0.455 e. The zero-order valence-electron chi connectivity index (χ0n) is 29.4. The average Bonchev–Trinajstić information content (AvgIpc) is 3.18. The van der Waals surface area contributed by atoms with Gasteiger partial charge in [0.25, 0.3) is 6.79 Å². The Bertz CT molecular complexity index is 1750. The number of amidine groups is 2. The van der Waals surface area contributed by atoms with E-state index in [9.17, 15) is 10.0 Å². The van der Waals surface area contributed by atoms with Crippen LogP contribution in [0.1, 0.15) is 75.7 Å². The van der Waals surface area contributed by atoms with Gasteiger partial charge in [-0.25, -0.2) is 0 Å². The molecule has 4 aromatic rings. The molecule has 4 aromatic carbocycles. The molecule has 0 unspecified atom stereocenters. The largest absolute Gasteiger partial charge is 0.455 e. The number of benzene rings is 4. The van der Waals surface area contributed by atoms with Gasteiger partial charge in [0.15, 0.2) is 0 Å². The first-order valence-electron chi connectivity index (χ1n) is 18.3. The van der Waals surface area contributed by atoms with Crippen LogP contribution < -0.4 is 20.7 Å². The van der Waals surface area contributed by atoms with E-state index in [4.69, 9.17) is 21.2 Å². The van der Waals surface area contributed by atoms with Gasteiger partial charge < -0.3 is 30.7 Å². The number of amides is 1. The van der Waals surface area contributed by atoms with Crippen molar-refractivity contribution in [2.45, 2.75) is 70.1 Å². The van der Waals surface area contributed by atoms with Crippen molar-refractivity contribution < 1.29 is 19.6 Å². The van der Waals surface area contributed by atoms with Gasteiger partial charge in [-0.3, -0.25) is 4.79 Å². The first-order chi connectivity index (χ1) is 25.5. The van der Waals surface area contributed by atoms with Crippen molar-refractivity contribution in [2.24, 2.45) is 28.1 Å². The van der Waals surface area contributed by atoms with Gasteiger partial charge in [0, 0.05) is 40.8 Å². The Hall–Kier alpha value is -5.02. The molecule has 0 atom stereocenters. The van der Waals surface area contributed by atoms with Crippen LogP contribution in [0.4, 0.5) is 17.1 Å². The third-order valence-electron chi connectivity index (χ3n) is 10.2. The summed E-state index contributed by atoms with van der Waals surface area (Å²) in [6, 6.07) is 35.3. The number of anilines is 3. The van der Waals surface area contributed by atoms with Crippen LogP contribution >= 0.6 is 11.6 Å². The molecule has 6 rings (SSSR count). The maximum atomic E-state index is 12.8. The van der Waals surface area contributed by atoms with E-state index < -0.39 is 0 Å². The predicted octanol–water partition coefficient (Wildman–Crippen LogP) is 10.5. The monoisotopic (exact) mass is 721 g/mol. The molecule has 1 amide bonds. The molecule has 9 nitrogen and oxygen atoms in total. The van der Waals surface area contributed by atoms with Crippen LogP contribution in [0, 0.1) is 17.8 Å². The Morgan fingerprint density at radius 3 is 1.94 bits per heavy atom. The minimum absolute atomic E-state index is 0.00309. The third kappa shape index (κ3) is 11.2. The van der Waals surface area contributed by atoms with Crippen LogP contribution in [0.15, 0.2) is 120 Å². The van der Waals surface area contributed by atoms with Crippen molar-refractivity contribution in [1.82, 2.24) is 0 Å². The zero-order valence-corrected chi connectivity index (χ0v) is 30.2. The van der Waals surface area contributed by atoms with Gasteiger partial charge in [-0.05, 0) is 129 Å². The standard InChI is InChI=1S/C42H48ClN5O4/c43-35-10-7-13-38(28-35)45-41(27-31-16-20-34(21-17-31)42(49)46-36-11-5-2-6-12-36)48-52-29-51-39-24-22-37(23-25-39)44-40(47-50)26-30-14-18-33(19-15-30)32-8-3-1-4-9-32/h1-13,22-25,28,30-31,33-34,50H,14-21,26-27,29H2,(H,44,47)(H,45,48)(H,46,49). The van der Waals surface area contributed by atoms with Crippen molar-refractivity contribution in [1.29, 1.82) is 0 Å². The summed E-state index contributed by atoms with van der Waals surface area (Å²) in [6.07, 6.45) is 9.38. The number of nitrogens with zero attached hydrogens (tertiary/aromatic N) is 2. The van der Waals surface area contributed by atoms with E-state index in [0.717, 1.165) is 68.4 Å². The molecule has 2 aliphatic carbocycles. The normalized spacial score (nSPS) is 20.8. The fourth-order valence-electron chi connectivity index (χ4n) is 7.33. The van der Waals surface area contributed by atoms with Crippen molar-refractivity contribution >= 4 is 46.2 Å². The predicted molar refractivity (Wildman–Crippen MR) is 209 cm³/mol. The zero-order chi connectivity index (χ0) is 36.0. The maximum absolute atomic E-state index is 12.8. The number of carbonyl (C=O) groups excluding carboxylic acids is 1. The van der Waals surface area contributed by atoms with Crippen molar-refractivity contribution in [2.75, 3.05) is 22.7 Å². The number of oxime groups is 2. The third-order valence-corrected chi connectivity index (χ3v) is 10.4. The fourth-order valence-corrected chi connectivity index (χ4v) is 7.52. The van der Waals surface area contributed by atoms with Crippen LogP contribution in [0.2, 0.25) is 5.02 Å².